The molecule has 0 spiro atoms. The minimum Gasteiger partial charge on any atom is -0.354 e. The van der Waals surface area contributed by atoms with E-state index in [1.165, 1.54) is 0 Å². The molecular weight excluding hydrogens is 214 g/mol. The maximum absolute atomic E-state index is 11.6. The SMILES string of the molecule is CN(C)C(C)(C)CNC(=O)CCNC(C)(C)C. The summed E-state index contributed by atoms with van der Waals surface area (Å²) in [6.07, 6.45) is 0.529. The molecule has 0 atom stereocenters. The summed E-state index contributed by atoms with van der Waals surface area (Å²) in [7, 11) is 4.04. The van der Waals surface area contributed by atoms with Crippen LogP contribution in [0.25, 0.3) is 0 Å². The molecule has 0 heterocycles. The van der Waals surface area contributed by atoms with Gasteiger partial charge in [0.2, 0.25) is 5.91 Å². The van der Waals surface area contributed by atoms with E-state index in [0.29, 0.717) is 13.0 Å². The molecule has 0 rings (SSSR count). The Labute approximate surface area is 106 Å². The van der Waals surface area contributed by atoms with Crippen molar-refractivity contribution in [3.63, 3.8) is 0 Å². The minimum atomic E-state index is -0.00683. The lowest BCUT2D eigenvalue weighted by molar-refractivity contribution is -0.121. The summed E-state index contributed by atoms with van der Waals surface area (Å²) in [5.41, 5.74) is 0.0658. The van der Waals surface area contributed by atoms with E-state index >= 15 is 0 Å². The van der Waals surface area contributed by atoms with E-state index < -0.39 is 0 Å². The van der Waals surface area contributed by atoms with Crippen LogP contribution in [0, 0.1) is 0 Å². The molecule has 0 saturated heterocycles. The van der Waals surface area contributed by atoms with Crippen LogP contribution >= 0.6 is 0 Å². The van der Waals surface area contributed by atoms with E-state index in [9.17, 15) is 4.79 Å². The largest absolute Gasteiger partial charge is 0.354 e. The van der Waals surface area contributed by atoms with E-state index in [1.807, 2.05) is 14.1 Å². The molecule has 0 aromatic carbocycles. The van der Waals surface area contributed by atoms with Gasteiger partial charge in [0.1, 0.15) is 0 Å². The summed E-state index contributed by atoms with van der Waals surface area (Å²) in [4.78, 5) is 13.7. The number of likely N-dealkylation sites (N-methyl/N-ethyl adjacent to an activating group) is 1. The Bertz CT molecular complexity index is 242. The molecule has 0 aromatic heterocycles. The zero-order chi connectivity index (χ0) is 13.7. The smallest absolute Gasteiger partial charge is 0.221 e. The van der Waals surface area contributed by atoms with Crippen molar-refractivity contribution in [1.29, 1.82) is 0 Å². The molecule has 0 unspecified atom stereocenters. The van der Waals surface area contributed by atoms with Gasteiger partial charge in [0.05, 0.1) is 0 Å². The third-order valence-corrected chi connectivity index (χ3v) is 2.94. The van der Waals surface area contributed by atoms with Crippen LogP contribution in [-0.4, -0.2) is 49.1 Å². The van der Waals surface area contributed by atoms with Gasteiger partial charge in [-0.15, -0.1) is 0 Å². The Hall–Kier alpha value is -0.610. The van der Waals surface area contributed by atoms with Crippen molar-refractivity contribution in [2.24, 2.45) is 0 Å². The summed E-state index contributed by atoms with van der Waals surface area (Å²) in [5.74, 6) is 0.108. The van der Waals surface area contributed by atoms with E-state index in [2.05, 4.69) is 50.2 Å². The van der Waals surface area contributed by atoms with Crippen LogP contribution in [0.5, 0.6) is 0 Å². The number of carbonyl (C=O) groups is 1. The predicted molar refractivity (Wildman–Crippen MR) is 73.1 cm³/mol. The Balaban J connectivity index is 3.82. The summed E-state index contributed by atoms with van der Waals surface area (Å²) < 4.78 is 0. The topological polar surface area (TPSA) is 44.4 Å². The van der Waals surface area contributed by atoms with Crippen molar-refractivity contribution >= 4 is 5.91 Å². The Morgan fingerprint density at radius 1 is 1.12 bits per heavy atom. The van der Waals surface area contributed by atoms with Crippen molar-refractivity contribution in [2.45, 2.75) is 52.1 Å². The zero-order valence-corrected chi connectivity index (χ0v) is 12.5. The van der Waals surface area contributed by atoms with Crippen LogP contribution in [0.2, 0.25) is 0 Å². The number of hydrogen-bond acceptors (Lipinski definition) is 3. The standard InChI is InChI=1S/C13H29N3O/c1-12(2,3)15-9-8-11(17)14-10-13(4,5)16(6)7/h15H,8-10H2,1-7H3,(H,14,17). The second kappa shape index (κ2) is 6.36. The second-order valence-corrected chi connectivity index (χ2v) is 6.41. The molecule has 2 N–H and O–H groups in total. The first kappa shape index (κ1) is 16.4. The molecule has 102 valence electrons. The molecule has 17 heavy (non-hydrogen) atoms. The number of rotatable bonds is 6. The minimum absolute atomic E-state index is 0.00683. The molecule has 0 aromatic rings. The molecule has 0 aliphatic rings. The Morgan fingerprint density at radius 3 is 2.06 bits per heavy atom. The van der Waals surface area contributed by atoms with Crippen LogP contribution in [0.4, 0.5) is 0 Å². The van der Waals surface area contributed by atoms with Crippen molar-refractivity contribution in [3.8, 4) is 0 Å². The number of nitrogens with one attached hydrogen (secondary N) is 2. The van der Waals surface area contributed by atoms with E-state index in [-0.39, 0.29) is 17.0 Å². The van der Waals surface area contributed by atoms with Crippen molar-refractivity contribution in [1.82, 2.24) is 15.5 Å². The van der Waals surface area contributed by atoms with Gasteiger partial charge in [0.25, 0.3) is 0 Å². The first-order valence-electron chi connectivity index (χ1n) is 6.24. The molecule has 0 fully saturated rings. The van der Waals surface area contributed by atoms with E-state index in [1.54, 1.807) is 0 Å². The average Bonchev–Trinajstić information content (AvgIpc) is 2.12. The Morgan fingerprint density at radius 2 is 1.65 bits per heavy atom. The first-order valence-corrected chi connectivity index (χ1v) is 6.24. The second-order valence-electron chi connectivity index (χ2n) is 6.41. The van der Waals surface area contributed by atoms with Crippen LogP contribution in [0.3, 0.4) is 0 Å². The number of carbonyl (C=O) groups excluding carboxylic acids is 1. The monoisotopic (exact) mass is 243 g/mol. The van der Waals surface area contributed by atoms with Crippen LogP contribution in [-0.2, 0) is 4.79 Å². The van der Waals surface area contributed by atoms with Crippen molar-refractivity contribution in [2.75, 3.05) is 27.2 Å². The summed E-state index contributed by atoms with van der Waals surface area (Å²) in [6, 6.07) is 0. The zero-order valence-electron chi connectivity index (χ0n) is 12.5. The molecule has 0 radical (unpaired) electrons. The van der Waals surface area contributed by atoms with Gasteiger partial charge < -0.3 is 15.5 Å². The normalized spacial score (nSPS) is 12.9. The van der Waals surface area contributed by atoms with E-state index in [4.69, 9.17) is 0 Å². The lowest BCUT2D eigenvalue weighted by atomic mass is 10.0. The lowest BCUT2D eigenvalue weighted by Crippen LogP contribution is -2.48. The van der Waals surface area contributed by atoms with Crippen LogP contribution in [0.15, 0.2) is 0 Å². The van der Waals surface area contributed by atoms with Gasteiger partial charge in [0.15, 0.2) is 0 Å². The maximum atomic E-state index is 11.6. The first-order chi connectivity index (χ1) is 7.54. The third kappa shape index (κ3) is 8.16. The molecule has 0 aliphatic heterocycles. The maximum Gasteiger partial charge on any atom is 0.221 e. The highest BCUT2D eigenvalue weighted by Crippen LogP contribution is 2.07. The predicted octanol–water partition coefficient (Wildman–Crippen LogP) is 1.22. The van der Waals surface area contributed by atoms with Crippen molar-refractivity contribution < 1.29 is 4.79 Å². The fraction of sp³-hybridized carbons (Fsp3) is 0.923. The number of amides is 1. The molecule has 4 heteroatoms. The highest BCUT2D eigenvalue weighted by atomic mass is 16.1. The highest BCUT2D eigenvalue weighted by Gasteiger charge is 2.20. The average molecular weight is 243 g/mol. The van der Waals surface area contributed by atoms with Gasteiger partial charge in [-0.2, -0.15) is 0 Å². The van der Waals surface area contributed by atoms with Crippen molar-refractivity contribution in [3.05, 3.63) is 0 Å². The fourth-order valence-corrected chi connectivity index (χ4v) is 1.11. The number of nitrogens with zero attached hydrogens (tertiary/aromatic N) is 1. The quantitative estimate of drug-likeness (QED) is 0.737. The van der Waals surface area contributed by atoms with Crippen LogP contribution in [0.1, 0.15) is 41.0 Å². The molecule has 0 saturated carbocycles. The van der Waals surface area contributed by atoms with Gasteiger partial charge in [-0.1, -0.05) is 0 Å². The van der Waals surface area contributed by atoms with Gasteiger partial charge in [-0.05, 0) is 48.7 Å². The van der Waals surface area contributed by atoms with Crippen LogP contribution < -0.4 is 10.6 Å². The van der Waals surface area contributed by atoms with Gasteiger partial charge >= 0.3 is 0 Å². The molecule has 4 nitrogen and oxygen atoms in total. The molecule has 0 aliphatic carbocycles. The number of hydrogen-bond donors (Lipinski definition) is 2. The summed E-state index contributed by atoms with van der Waals surface area (Å²) >= 11 is 0. The van der Waals surface area contributed by atoms with E-state index in [0.717, 1.165) is 6.54 Å². The fourth-order valence-electron chi connectivity index (χ4n) is 1.11. The summed E-state index contributed by atoms with van der Waals surface area (Å²) in [5, 5.41) is 6.27. The summed E-state index contributed by atoms with van der Waals surface area (Å²) in [6.45, 7) is 11.9. The molecule has 0 bridgehead atoms. The third-order valence-electron chi connectivity index (χ3n) is 2.94. The highest BCUT2D eigenvalue weighted by molar-refractivity contribution is 5.76. The van der Waals surface area contributed by atoms with Gasteiger partial charge in [0, 0.05) is 30.6 Å². The Kier molecular flexibility index (Phi) is 6.13. The van der Waals surface area contributed by atoms with Gasteiger partial charge in [-0.25, -0.2) is 0 Å². The lowest BCUT2D eigenvalue weighted by Gasteiger charge is -2.32. The molecule has 1 amide bonds. The van der Waals surface area contributed by atoms with Gasteiger partial charge in [-0.3, -0.25) is 4.79 Å². The molecular formula is C13H29N3O.